The van der Waals surface area contributed by atoms with Crippen molar-refractivity contribution in [3.63, 3.8) is 0 Å². The predicted molar refractivity (Wildman–Crippen MR) is 257 cm³/mol. The molecule has 0 aliphatic carbocycles. The Bertz CT molecular complexity index is 2670. The molecule has 2 fully saturated rings. The van der Waals surface area contributed by atoms with Crippen LogP contribution in [-0.4, -0.2) is 104 Å². The van der Waals surface area contributed by atoms with Gasteiger partial charge in [0.1, 0.15) is 30.0 Å². The zero-order valence-corrected chi connectivity index (χ0v) is 40.2. The van der Waals surface area contributed by atoms with Crippen LogP contribution in [-0.2, 0) is 25.7 Å². The highest BCUT2D eigenvalue weighted by Gasteiger charge is 2.42. The van der Waals surface area contributed by atoms with Gasteiger partial charge in [-0.1, -0.05) is 68.2 Å². The van der Waals surface area contributed by atoms with E-state index in [0.29, 0.717) is 67.0 Å². The number of amides is 4. The van der Waals surface area contributed by atoms with Crippen LogP contribution in [0.5, 0.6) is 11.5 Å². The Morgan fingerprint density at radius 1 is 0.985 bits per heavy atom. The third kappa shape index (κ3) is 11.9. The third-order valence-corrected chi connectivity index (χ3v) is 13.5. The summed E-state index contributed by atoms with van der Waals surface area (Å²) in [6, 6.07) is 13.3. The molecule has 2 atom stereocenters. The molecule has 0 bridgehead atoms. The number of hydrogen-bond acceptors (Lipinski definition) is 12. The van der Waals surface area contributed by atoms with E-state index in [1.165, 1.54) is 30.5 Å². The van der Waals surface area contributed by atoms with Gasteiger partial charge in [-0.2, -0.15) is 0 Å². The minimum atomic E-state index is -0.936. The van der Waals surface area contributed by atoms with Crippen molar-refractivity contribution in [1.82, 2.24) is 30.1 Å². The molecule has 3 N–H and O–H groups in total. The summed E-state index contributed by atoms with van der Waals surface area (Å²) in [5.74, 6) is -1.02. The number of benzene rings is 3. The second-order valence-corrected chi connectivity index (χ2v) is 19.3. The van der Waals surface area contributed by atoms with E-state index in [4.69, 9.17) is 32.7 Å². The van der Waals surface area contributed by atoms with Gasteiger partial charge in [0.05, 0.1) is 50.5 Å². The van der Waals surface area contributed by atoms with Crippen molar-refractivity contribution < 1.29 is 38.1 Å². The number of unbranched alkanes of at least 4 members (excludes halogenated alkanes) is 1. The van der Waals surface area contributed by atoms with Crippen molar-refractivity contribution in [2.45, 2.75) is 97.4 Å². The number of β-amino-alcohol motifs (C(OH)–C–C–N with tert-alkyl or cyclic N) is 1. The van der Waals surface area contributed by atoms with Gasteiger partial charge in [0, 0.05) is 75.2 Å². The summed E-state index contributed by atoms with van der Waals surface area (Å²) in [5, 5.41) is 16.9. The van der Waals surface area contributed by atoms with Crippen LogP contribution in [0.4, 0.5) is 15.9 Å². The number of anilines is 2. The number of thiazole rings is 1. The van der Waals surface area contributed by atoms with Crippen molar-refractivity contribution in [1.29, 1.82) is 0 Å². The predicted octanol–water partition coefficient (Wildman–Crippen LogP) is 8.48. The van der Waals surface area contributed by atoms with Gasteiger partial charge >= 0.3 is 0 Å². The third-order valence-electron chi connectivity index (χ3n) is 11.7. The number of carbonyl (C=O) groups excluding carboxylic acids is 4. The fourth-order valence-corrected chi connectivity index (χ4v) is 9.20. The van der Waals surface area contributed by atoms with Crippen LogP contribution in [0.2, 0.25) is 10.0 Å². The molecule has 2 aliphatic rings. The van der Waals surface area contributed by atoms with Gasteiger partial charge in [0.15, 0.2) is 17.3 Å². The van der Waals surface area contributed by atoms with Gasteiger partial charge in [0.25, 0.3) is 5.91 Å². The molecule has 0 unspecified atom stereocenters. The molecule has 0 saturated carbocycles. The maximum atomic E-state index is 14.9. The number of carbonyl (C=O) groups is 4. The van der Waals surface area contributed by atoms with Crippen LogP contribution in [0.1, 0.15) is 77.0 Å². The molecule has 2 aromatic heterocycles. The van der Waals surface area contributed by atoms with Crippen molar-refractivity contribution in [3.8, 4) is 21.9 Å². The average molecular weight is 976 g/mol. The largest absolute Gasteiger partial charge is 0.493 e. The maximum Gasteiger partial charge on any atom is 0.269 e. The Morgan fingerprint density at radius 2 is 1.72 bits per heavy atom. The number of ether oxygens (including phenoxy) is 2. The molecular weight excluding hydrogens is 923 g/mol. The molecule has 7 rings (SSSR count). The minimum absolute atomic E-state index is 0.00459. The molecule has 15 nitrogen and oxygen atoms in total. The number of hydrogen-bond donors (Lipinski definition) is 3. The minimum Gasteiger partial charge on any atom is -0.493 e. The van der Waals surface area contributed by atoms with E-state index < -0.39 is 41.1 Å². The number of likely N-dealkylation sites (tertiary alicyclic amines) is 2. The smallest absolute Gasteiger partial charge is 0.269 e. The highest BCUT2D eigenvalue weighted by atomic mass is 35.5. The quantitative estimate of drug-likeness (QED) is 0.0519. The summed E-state index contributed by atoms with van der Waals surface area (Å²) in [4.78, 5) is 75.3. The number of methoxy groups -OCH3 is 1. The molecule has 67 heavy (non-hydrogen) atoms. The summed E-state index contributed by atoms with van der Waals surface area (Å²) >= 11 is 13.6. The van der Waals surface area contributed by atoms with Gasteiger partial charge in [-0.3, -0.25) is 19.2 Å². The first-order valence-electron chi connectivity index (χ1n) is 22.1. The molecule has 4 heterocycles. The lowest BCUT2D eigenvalue weighted by Gasteiger charge is -2.32. The Hall–Kier alpha value is -5.75. The van der Waals surface area contributed by atoms with E-state index in [1.54, 1.807) is 54.7 Å². The van der Waals surface area contributed by atoms with Crippen molar-refractivity contribution in [2.75, 3.05) is 32.1 Å². The fraction of sp³-hybridized carbons (Fsp3) is 0.417. The van der Waals surface area contributed by atoms with Gasteiger partial charge in [-0.15, -0.1) is 11.3 Å². The number of rotatable bonds is 15. The number of aliphatic imine (C=N–C) groups is 1. The van der Waals surface area contributed by atoms with Crippen LogP contribution >= 0.6 is 34.5 Å². The molecule has 3 aromatic carbocycles. The van der Waals surface area contributed by atoms with E-state index in [0.717, 1.165) is 21.7 Å². The summed E-state index contributed by atoms with van der Waals surface area (Å²) in [6.45, 7) is 8.38. The Kier molecular flexibility index (Phi) is 15.8. The van der Waals surface area contributed by atoms with E-state index in [-0.39, 0.29) is 65.8 Å². The molecule has 354 valence electrons. The first kappa shape index (κ1) is 49.2. The lowest BCUT2D eigenvalue weighted by molar-refractivity contribution is -0.134. The molecule has 5 aromatic rings. The van der Waals surface area contributed by atoms with Crippen LogP contribution in [0, 0.1) is 18.2 Å². The molecule has 0 spiro atoms. The molecule has 19 heteroatoms. The number of piperidine rings is 1. The number of aliphatic hydroxyl groups is 1. The number of nitrogens with one attached hydrogen (secondary N) is 2. The summed E-state index contributed by atoms with van der Waals surface area (Å²) in [7, 11) is 1.52. The monoisotopic (exact) mass is 974 g/mol. The van der Waals surface area contributed by atoms with Gasteiger partial charge in [-0.25, -0.2) is 24.3 Å². The van der Waals surface area contributed by atoms with E-state index in [1.807, 2.05) is 31.2 Å². The summed E-state index contributed by atoms with van der Waals surface area (Å²) in [6.07, 6.45) is 2.50. The summed E-state index contributed by atoms with van der Waals surface area (Å²) in [5.41, 5.74) is 4.45. The van der Waals surface area contributed by atoms with Crippen molar-refractivity contribution in [3.05, 3.63) is 87.5 Å². The number of aliphatic hydroxyl groups excluding tert-OH is 1. The van der Waals surface area contributed by atoms with Crippen LogP contribution < -0.4 is 20.1 Å². The molecular formula is C48H53Cl2FN8O7S. The lowest BCUT2D eigenvalue weighted by Crippen LogP contribution is -2.50. The maximum absolute atomic E-state index is 14.9. The SMILES string of the molecule is COc1cc2ncnc(Nc3ccc(Cl)c(Cl)c3F)c2cc1OC1CCN(C(=O)CCCCC(=O)/N=C(\C(=O)N2C[C@H](O)C[C@H]2C(=O)NCc2ccc(-c3scnc3C)cc2)C(C)(C)C)CC1. The Balaban J connectivity index is 0.884. The zero-order valence-electron chi connectivity index (χ0n) is 37.9. The van der Waals surface area contributed by atoms with E-state index >= 15 is 0 Å². The number of aryl methyl sites for hydroxylation is 1. The Morgan fingerprint density at radius 3 is 2.40 bits per heavy atom. The highest BCUT2D eigenvalue weighted by Crippen LogP contribution is 2.38. The highest BCUT2D eigenvalue weighted by molar-refractivity contribution is 7.13. The van der Waals surface area contributed by atoms with Crippen LogP contribution in [0.15, 0.2) is 65.4 Å². The molecule has 0 radical (unpaired) electrons. The zero-order chi connectivity index (χ0) is 48.0. The van der Waals surface area contributed by atoms with Crippen LogP contribution in [0.3, 0.4) is 0 Å². The molecule has 4 amide bonds. The fourth-order valence-electron chi connectivity index (χ4n) is 8.08. The van der Waals surface area contributed by atoms with E-state index in [9.17, 15) is 28.7 Å². The first-order chi connectivity index (χ1) is 32.0. The van der Waals surface area contributed by atoms with Crippen LogP contribution in [0.25, 0.3) is 21.3 Å². The normalized spacial score (nSPS) is 16.9. The second-order valence-electron chi connectivity index (χ2n) is 17.6. The molecule has 2 aliphatic heterocycles. The standard InChI is InChI=1S/C48H53Cl2FN8O7S/c1-27-43(67-26-55-27)29-12-10-28(11-13-29)23-52-46(63)36-20-30(60)24-59(36)47(64)44(48(2,3)4)57-39(61)8-6-7-9-40(62)58-18-16-31(17-19-58)66-38-21-32-35(22-37(38)65-5)53-25-54-45(32)56-34-15-14-33(49)41(50)42(34)51/h10-15,21-22,25-26,30-31,36,60H,6-9,16-20,23-24H2,1-5H3,(H,52,63)(H,53,54,56)/b57-44+/t30-,36+/m1/s1. The molecule has 2 saturated heterocycles. The lowest BCUT2D eigenvalue weighted by atomic mass is 9.88. The van der Waals surface area contributed by atoms with E-state index in [2.05, 4.69) is 30.6 Å². The Labute approximate surface area is 402 Å². The van der Waals surface area contributed by atoms with Gasteiger partial charge < -0.3 is 35.0 Å². The number of nitrogens with zero attached hydrogens (tertiary/aromatic N) is 6. The number of halogens is 3. The van der Waals surface area contributed by atoms with Gasteiger partial charge in [-0.05, 0) is 49.1 Å². The van der Waals surface area contributed by atoms with Gasteiger partial charge in [0.2, 0.25) is 17.7 Å². The number of fused-ring (bicyclic) bond motifs is 1. The van der Waals surface area contributed by atoms with Crippen molar-refractivity contribution >= 4 is 86.3 Å². The number of aromatic nitrogens is 3. The average Bonchev–Trinajstić information content (AvgIpc) is 3.93. The van der Waals surface area contributed by atoms with Crippen molar-refractivity contribution in [2.24, 2.45) is 10.4 Å². The summed E-state index contributed by atoms with van der Waals surface area (Å²) < 4.78 is 26.9. The topological polar surface area (TPSA) is 189 Å². The second kappa shape index (κ2) is 21.5. The first-order valence-corrected chi connectivity index (χ1v) is 23.7.